The Kier molecular flexibility index (Phi) is 7.27. The van der Waals surface area contributed by atoms with Crippen molar-refractivity contribution in [2.45, 2.75) is 28.7 Å². The second-order valence-corrected chi connectivity index (χ2v) is 10.7. The normalized spacial score (nSPS) is 15.4. The van der Waals surface area contributed by atoms with Crippen LogP contribution >= 0.6 is 35.0 Å². The largest absolute Gasteiger partial charge is 0.370 e. The van der Waals surface area contributed by atoms with E-state index in [9.17, 15) is 8.42 Å². The molecule has 0 bridgehead atoms. The maximum atomic E-state index is 13.0. The fourth-order valence-electron chi connectivity index (χ4n) is 3.91. The summed E-state index contributed by atoms with van der Waals surface area (Å²) in [4.78, 5) is 9.82. The molecule has 160 valence electrons. The first-order valence-electron chi connectivity index (χ1n) is 9.67. The SMILES string of the molecule is CN(C)C1CCN(c2ccc(I)c3cc(S(=O)(=O)c4ccccc4)cnc23)CC1.Cl. The Bertz CT molecular complexity index is 1130. The van der Waals surface area contributed by atoms with E-state index in [2.05, 4.69) is 63.6 Å². The van der Waals surface area contributed by atoms with E-state index >= 15 is 0 Å². The number of sulfone groups is 1. The van der Waals surface area contributed by atoms with Gasteiger partial charge in [0.05, 0.1) is 21.0 Å². The number of piperidine rings is 1. The summed E-state index contributed by atoms with van der Waals surface area (Å²) in [6, 6.07) is 15.1. The molecule has 0 saturated carbocycles. The molecule has 1 saturated heterocycles. The molecule has 0 unspecified atom stereocenters. The molecular formula is C22H25ClIN3O2S. The number of anilines is 1. The minimum atomic E-state index is -3.59. The van der Waals surface area contributed by atoms with Crippen LogP contribution in [0.15, 0.2) is 64.5 Å². The monoisotopic (exact) mass is 557 g/mol. The van der Waals surface area contributed by atoms with Crippen molar-refractivity contribution in [1.82, 2.24) is 9.88 Å². The second kappa shape index (κ2) is 9.38. The zero-order valence-electron chi connectivity index (χ0n) is 17.0. The highest BCUT2D eigenvalue weighted by Gasteiger charge is 2.24. The van der Waals surface area contributed by atoms with Crippen LogP contribution in [0.2, 0.25) is 0 Å². The number of hydrogen-bond acceptors (Lipinski definition) is 5. The molecule has 4 rings (SSSR count). The molecule has 1 aliphatic heterocycles. The summed E-state index contributed by atoms with van der Waals surface area (Å²) in [6.07, 6.45) is 3.72. The molecule has 2 heterocycles. The average molecular weight is 558 g/mol. The molecule has 0 amide bonds. The van der Waals surface area contributed by atoms with E-state index in [0.717, 1.165) is 46.1 Å². The molecule has 1 aromatic heterocycles. The number of pyridine rings is 1. The number of rotatable bonds is 4. The first kappa shape index (κ1) is 23.2. The van der Waals surface area contributed by atoms with E-state index in [1.165, 1.54) is 6.20 Å². The minimum Gasteiger partial charge on any atom is -0.370 e. The first-order chi connectivity index (χ1) is 13.9. The molecule has 0 spiro atoms. The Morgan fingerprint density at radius 3 is 2.33 bits per heavy atom. The van der Waals surface area contributed by atoms with Crippen molar-refractivity contribution in [3.8, 4) is 0 Å². The quantitative estimate of drug-likeness (QED) is 0.438. The zero-order chi connectivity index (χ0) is 20.6. The van der Waals surface area contributed by atoms with Gasteiger partial charge in [-0.1, -0.05) is 18.2 Å². The lowest BCUT2D eigenvalue weighted by molar-refractivity contribution is 0.250. The zero-order valence-corrected chi connectivity index (χ0v) is 20.7. The Labute approximate surface area is 197 Å². The van der Waals surface area contributed by atoms with Crippen molar-refractivity contribution in [2.75, 3.05) is 32.1 Å². The highest BCUT2D eigenvalue weighted by atomic mass is 127. The van der Waals surface area contributed by atoms with Gasteiger partial charge in [0.25, 0.3) is 0 Å². The van der Waals surface area contributed by atoms with Crippen LogP contribution in [0.3, 0.4) is 0 Å². The fourth-order valence-corrected chi connectivity index (χ4v) is 5.76. The van der Waals surface area contributed by atoms with Gasteiger partial charge in [0.1, 0.15) is 0 Å². The predicted molar refractivity (Wildman–Crippen MR) is 133 cm³/mol. The minimum absolute atomic E-state index is 0. The summed E-state index contributed by atoms with van der Waals surface area (Å²) in [5, 5.41) is 0.884. The van der Waals surface area contributed by atoms with Gasteiger partial charge in [0.15, 0.2) is 0 Å². The van der Waals surface area contributed by atoms with Crippen molar-refractivity contribution < 1.29 is 8.42 Å². The van der Waals surface area contributed by atoms with Crippen molar-refractivity contribution in [1.29, 1.82) is 0 Å². The van der Waals surface area contributed by atoms with E-state index < -0.39 is 9.84 Å². The number of benzene rings is 2. The van der Waals surface area contributed by atoms with E-state index in [1.54, 1.807) is 30.3 Å². The van der Waals surface area contributed by atoms with Crippen LogP contribution in [0.4, 0.5) is 5.69 Å². The lowest BCUT2D eigenvalue weighted by atomic mass is 10.0. The number of fused-ring (bicyclic) bond motifs is 1. The second-order valence-electron chi connectivity index (χ2n) is 7.63. The van der Waals surface area contributed by atoms with Crippen molar-refractivity contribution in [2.24, 2.45) is 0 Å². The highest BCUT2D eigenvalue weighted by molar-refractivity contribution is 14.1. The third kappa shape index (κ3) is 4.44. The lowest BCUT2D eigenvalue weighted by Crippen LogP contribution is -2.42. The van der Waals surface area contributed by atoms with Gasteiger partial charge in [0.2, 0.25) is 9.84 Å². The molecule has 30 heavy (non-hydrogen) atoms. The molecule has 0 N–H and O–H groups in total. The molecule has 3 aromatic rings. The lowest BCUT2D eigenvalue weighted by Gasteiger charge is -2.36. The Hall–Kier alpha value is -1.42. The first-order valence-corrected chi connectivity index (χ1v) is 12.2. The molecular weight excluding hydrogens is 533 g/mol. The van der Waals surface area contributed by atoms with Gasteiger partial charge in [-0.3, -0.25) is 4.98 Å². The molecule has 0 atom stereocenters. The Balaban J connectivity index is 0.00000256. The average Bonchev–Trinajstić information content (AvgIpc) is 2.74. The third-order valence-corrected chi connectivity index (χ3v) is 8.33. The number of nitrogens with zero attached hydrogens (tertiary/aromatic N) is 3. The summed E-state index contributed by atoms with van der Waals surface area (Å²) in [5.41, 5.74) is 1.95. The number of halogens is 2. The molecule has 0 radical (unpaired) electrons. The summed E-state index contributed by atoms with van der Waals surface area (Å²) in [6.45, 7) is 1.95. The van der Waals surface area contributed by atoms with E-state index in [4.69, 9.17) is 0 Å². The van der Waals surface area contributed by atoms with Crippen LogP contribution in [0.25, 0.3) is 10.9 Å². The van der Waals surface area contributed by atoms with Crippen LogP contribution in [-0.2, 0) is 9.84 Å². The summed E-state index contributed by atoms with van der Waals surface area (Å²) < 4.78 is 27.0. The summed E-state index contributed by atoms with van der Waals surface area (Å²) in [5.74, 6) is 0. The van der Waals surface area contributed by atoms with Gasteiger partial charge >= 0.3 is 0 Å². The molecule has 5 nitrogen and oxygen atoms in total. The molecule has 1 aliphatic rings. The van der Waals surface area contributed by atoms with E-state index in [0.29, 0.717) is 6.04 Å². The van der Waals surface area contributed by atoms with Gasteiger partial charge in [-0.15, -0.1) is 12.4 Å². The van der Waals surface area contributed by atoms with Crippen molar-refractivity contribution in [3.63, 3.8) is 0 Å². The fraction of sp³-hybridized carbons (Fsp3) is 0.318. The van der Waals surface area contributed by atoms with Gasteiger partial charge in [0, 0.05) is 34.3 Å². The predicted octanol–water partition coefficient (Wildman–Crippen LogP) is 4.62. The van der Waals surface area contributed by atoms with E-state index in [1.807, 2.05) is 6.07 Å². The van der Waals surface area contributed by atoms with Crippen molar-refractivity contribution >= 4 is 61.4 Å². The standard InChI is InChI=1S/C22H24IN3O2S.ClH/c1-25(2)16-10-12-26(13-11-16)21-9-8-20(23)19-14-18(15-24-22(19)21)29(27,28)17-6-4-3-5-7-17;/h3-9,14-16H,10-13H2,1-2H3;1H. The van der Waals surface area contributed by atoms with Crippen LogP contribution in [-0.4, -0.2) is 51.5 Å². The van der Waals surface area contributed by atoms with Crippen LogP contribution in [0.1, 0.15) is 12.8 Å². The van der Waals surface area contributed by atoms with Gasteiger partial charge in [-0.2, -0.15) is 0 Å². The van der Waals surface area contributed by atoms with E-state index in [-0.39, 0.29) is 22.2 Å². The molecule has 2 aromatic carbocycles. The molecule has 1 fully saturated rings. The van der Waals surface area contributed by atoms with Crippen LogP contribution in [0, 0.1) is 3.57 Å². The summed E-state index contributed by atoms with van der Waals surface area (Å²) in [7, 11) is 0.685. The topological polar surface area (TPSA) is 53.5 Å². The Morgan fingerprint density at radius 1 is 1.03 bits per heavy atom. The maximum absolute atomic E-state index is 13.0. The number of hydrogen-bond donors (Lipinski definition) is 0. The van der Waals surface area contributed by atoms with Crippen LogP contribution < -0.4 is 4.90 Å². The van der Waals surface area contributed by atoms with Gasteiger partial charge < -0.3 is 9.80 Å². The maximum Gasteiger partial charge on any atom is 0.208 e. The van der Waals surface area contributed by atoms with Crippen LogP contribution in [0.5, 0.6) is 0 Å². The highest BCUT2D eigenvalue weighted by Crippen LogP contribution is 2.33. The number of aromatic nitrogens is 1. The van der Waals surface area contributed by atoms with Gasteiger partial charge in [-0.05, 0) is 79.9 Å². The van der Waals surface area contributed by atoms with Crippen molar-refractivity contribution in [3.05, 3.63) is 58.3 Å². The smallest absolute Gasteiger partial charge is 0.208 e. The molecule has 8 heteroatoms. The molecule has 0 aliphatic carbocycles. The third-order valence-electron chi connectivity index (χ3n) is 5.65. The van der Waals surface area contributed by atoms with Gasteiger partial charge in [-0.25, -0.2) is 8.42 Å². The summed E-state index contributed by atoms with van der Waals surface area (Å²) >= 11 is 2.26. The Morgan fingerprint density at radius 2 is 1.70 bits per heavy atom.